The van der Waals surface area contributed by atoms with Gasteiger partial charge in [-0.3, -0.25) is 5.41 Å². The van der Waals surface area contributed by atoms with Gasteiger partial charge in [0, 0.05) is 25.7 Å². The van der Waals surface area contributed by atoms with Crippen LogP contribution >= 0.6 is 0 Å². The first-order valence-electron chi connectivity index (χ1n) is 6.11. The highest BCUT2D eigenvalue weighted by Crippen LogP contribution is 2.49. The maximum absolute atomic E-state index is 7.43. The quantitative estimate of drug-likeness (QED) is 0.604. The van der Waals surface area contributed by atoms with Crippen LogP contribution in [0, 0.1) is 17.7 Å². The van der Waals surface area contributed by atoms with Crippen LogP contribution in [0.3, 0.4) is 0 Å². The second-order valence-electron chi connectivity index (χ2n) is 5.40. The standard InChI is InChI=1S/C14H21N3/c1-11-4-3-5-12(8-11)17(2)10-14(6-7-14)9-13(15)16/h3-5,8H,6-7,9-10H2,1-2H3,(H3,15,16). The van der Waals surface area contributed by atoms with Gasteiger partial charge in [-0.2, -0.15) is 0 Å². The van der Waals surface area contributed by atoms with Crippen molar-refractivity contribution in [2.45, 2.75) is 26.2 Å². The largest absolute Gasteiger partial charge is 0.388 e. The van der Waals surface area contributed by atoms with Crippen molar-refractivity contribution in [1.29, 1.82) is 5.41 Å². The molecule has 92 valence electrons. The van der Waals surface area contributed by atoms with Gasteiger partial charge in [0.15, 0.2) is 0 Å². The maximum atomic E-state index is 7.43. The summed E-state index contributed by atoms with van der Waals surface area (Å²) in [5, 5.41) is 7.43. The lowest BCUT2D eigenvalue weighted by molar-refractivity contribution is 0.530. The summed E-state index contributed by atoms with van der Waals surface area (Å²) in [6.45, 7) is 3.11. The normalized spacial score (nSPS) is 16.6. The summed E-state index contributed by atoms with van der Waals surface area (Å²) < 4.78 is 0. The smallest absolute Gasteiger partial charge is 0.0911 e. The Morgan fingerprint density at radius 3 is 2.71 bits per heavy atom. The van der Waals surface area contributed by atoms with Gasteiger partial charge in [0.05, 0.1) is 5.84 Å². The molecule has 0 radical (unpaired) electrons. The Kier molecular flexibility index (Phi) is 3.09. The third-order valence-electron chi connectivity index (χ3n) is 3.54. The topological polar surface area (TPSA) is 53.1 Å². The Morgan fingerprint density at radius 2 is 2.18 bits per heavy atom. The molecule has 17 heavy (non-hydrogen) atoms. The van der Waals surface area contributed by atoms with Crippen molar-refractivity contribution in [3.8, 4) is 0 Å². The van der Waals surface area contributed by atoms with Gasteiger partial charge in [0.2, 0.25) is 0 Å². The van der Waals surface area contributed by atoms with E-state index in [0.717, 1.165) is 13.0 Å². The third kappa shape index (κ3) is 2.99. The van der Waals surface area contributed by atoms with Gasteiger partial charge < -0.3 is 10.6 Å². The minimum absolute atomic E-state index is 0.268. The first-order chi connectivity index (χ1) is 8.01. The second-order valence-corrected chi connectivity index (χ2v) is 5.40. The molecular weight excluding hydrogens is 210 g/mol. The molecule has 2 rings (SSSR count). The number of nitrogens with two attached hydrogens (primary N) is 1. The molecule has 0 bridgehead atoms. The summed E-state index contributed by atoms with van der Waals surface area (Å²) in [5.41, 5.74) is 8.32. The average Bonchev–Trinajstić information content (AvgIpc) is 2.96. The molecule has 1 aromatic carbocycles. The molecule has 3 nitrogen and oxygen atoms in total. The number of rotatable bonds is 5. The zero-order chi connectivity index (χ0) is 12.5. The molecule has 0 aliphatic heterocycles. The Balaban J connectivity index is 2.02. The van der Waals surface area contributed by atoms with E-state index in [2.05, 4.69) is 43.1 Å². The Hall–Kier alpha value is -1.51. The number of amidine groups is 1. The van der Waals surface area contributed by atoms with Crippen LogP contribution < -0.4 is 10.6 Å². The van der Waals surface area contributed by atoms with Gasteiger partial charge >= 0.3 is 0 Å². The highest BCUT2D eigenvalue weighted by atomic mass is 15.1. The fraction of sp³-hybridized carbons (Fsp3) is 0.500. The lowest BCUT2D eigenvalue weighted by atomic mass is 10.0. The van der Waals surface area contributed by atoms with Crippen LogP contribution in [-0.4, -0.2) is 19.4 Å². The van der Waals surface area contributed by atoms with Gasteiger partial charge in [-0.05, 0) is 42.9 Å². The zero-order valence-corrected chi connectivity index (χ0v) is 10.7. The fourth-order valence-corrected chi connectivity index (χ4v) is 2.43. The van der Waals surface area contributed by atoms with Crippen LogP contribution in [0.25, 0.3) is 0 Å². The van der Waals surface area contributed by atoms with E-state index in [1.807, 2.05) is 0 Å². The van der Waals surface area contributed by atoms with E-state index in [0.29, 0.717) is 5.84 Å². The lowest BCUT2D eigenvalue weighted by Gasteiger charge is -2.25. The zero-order valence-electron chi connectivity index (χ0n) is 10.7. The summed E-state index contributed by atoms with van der Waals surface area (Å²) in [7, 11) is 2.12. The van der Waals surface area contributed by atoms with Crippen molar-refractivity contribution in [2.75, 3.05) is 18.5 Å². The van der Waals surface area contributed by atoms with Crippen LogP contribution in [0.15, 0.2) is 24.3 Å². The van der Waals surface area contributed by atoms with E-state index < -0.39 is 0 Å². The van der Waals surface area contributed by atoms with Crippen molar-refractivity contribution in [2.24, 2.45) is 11.1 Å². The molecular formula is C14H21N3. The molecule has 1 fully saturated rings. The van der Waals surface area contributed by atoms with Crippen molar-refractivity contribution in [3.05, 3.63) is 29.8 Å². The van der Waals surface area contributed by atoms with Gasteiger partial charge in [-0.1, -0.05) is 12.1 Å². The molecule has 0 unspecified atom stereocenters. The Morgan fingerprint density at radius 1 is 1.47 bits per heavy atom. The number of hydrogen-bond acceptors (Lipinski definition) is 2. The summed E-state index contributed by atoms with van der Waals surface area (Å²) in [5.74, 6) is 0.320. The first-order valence-corrected chi connectivity index (χ1v) is 6.11. The van der Waals surface area contributed by atoms with E-state index >= 15 is 0 Å². The van der Waals surface area contributed by atoms with Gasteiger partial charge in [-0.25, -0.2) is 0 Å². The van der Waals surface area contributed by atoms with E-state index in [4.69, 9.17) is 11.1 Å². The van der Waals surface area contributed by atoms with Crippen LogP contribution in [0.2, 0.25) is 0 Å². The van der Waals surface area contributed by atoms with E-state index in [1.165, 1.54) is 24.1 Å². The van der Waals surface area contributed by atoms with Crippen LogP contribution in [0.4, 0.5) is 5.69 Å². The fourth-order valence-electron chi connectivity index (χ4n) is 2.43. The van der Waals surface area contributed by atoms with Crippen LogP contribution in [0.1, 0.15) is 24.8 Å². The molecule has 0 saturated heterocycles. The number of nitrogens with one attached hydrogen (secondary N) is 1. The predicted octanol–water partition coefficient (Wildman–Crippen LogP) is 2.54. The Labute approximate surface area is 103 Å². The number of nitrogens with zero attached hydrogens (tertiary/aromatic N) is 1. The average molecular weight is 231 g/mol. The molecule has 0 spiro atoms. The summed E-state index contributed by atoms with van der Waals surface area (Å²) in [6.07, 6.45) is 3.13. The maximum Gasteiger partial charge on any atom is 0.0911 e. The molecule has 0 atom stereocenters. The van der Waals surface area contributed by atoms with Crippen molar-refractivity contribution in [1.82, 2.24) is 0 Å². The first kappa shape index (κ1) is 12.0. The van der Waals surface area contributed by atoms with Crippen molar-refractivity contribution >= 4 is 11.5 Å². The SMILES string of the molecule is Cc1cccc(N(C)CC2(CC(=N)N)CC2)c1. The summed E-state index contributed by atoms with van der Waals surface area (Å²) in [6, 6.07) is 8.53. The summed E-state index contributed by atoms with van der Waals surface area (Å²) >= 11 is 0. The van der Waals surface area contributed by atoms with Crippen LogP contribution in [-0.2, 0) is 0 Å². The molecule has 1 saturated carbocycles. The minimum atomic E-state index is 0.268. The molecule has 0 amide bonds. The van der Waals surface area contributed by atoms with E-state index in [-0.39, 0.29) is 5.41 Å². The van der Waals surface area contributed by atoms with E-state index in [1.54, 1.807) is 0 Å². The molecule has 3 N–H and O–H groups in total. The van der Waals surface area contributed by atoms with Gasteiger partial charge in [0.25, 0.3) is 0 Å². The monoisotopic (exact) mass is 231 g/mol. The number of anilines is 1. The number of hydrogen-bond donors (Lipinski definition) is 2. The third-order valence-corrected chi connectivity index (χ3v) is 3.54. The molecule has 1 aromatic rings. The molecule has 0 aromatic heterocycles. The highest BCUT2D eigenvalue weighted by molar-refractivity contribution is 5.78. The van der Waals surface area contributed by atoms with Crippen molar-refractivity contribution in [3.63, 3.8) is 0 Å². The van der Waals surface area contributed by atoms with E-state index in [9.17, 15) is 0 Å². The Bertz CT molecular complexity index is 421. The highest BCUT2D eigenvalue weighted by Gasteiger charge is 2.43. The van der Waals surface area contributed by atoms with Crippen molar-refractivity contribution < 1.29 is 0 Å². The van der Waals surface area contributed by atoms with Gasteiger partial charge in [-0.15, -0.1) is 0 Å². The summed E-state index contributed by atoms with van der Waals surface area (Å²) in [4.78, 5) is 2.28. The molecule has 3 heteroatoms. The molecule has 0 heterocycles. The predicted molar refractivity (Wildman–Crippen MR) is 72.6 cm³/mol. The number of benzene rings is 1. The second kappa shape index (κ2) is 4.40. The van der Waals surface area contributed by atoms with Gasteiger partial charge in [0.1, 0.15) is 0 Å². The number of aryl methyl sites for hydroxylation is 1. The van der Waals surface area contributed by atoms with Crippen LogP contribution in [0.5, 0.6) is 0 Å². The minimum Gasteiger partial charge on any atom is -0.388 e. The molecule has 1 aliphatic carbocycles. The molecule has 1 aliphatic rings. The lowest BCUT2D eigenvalue weighted by Crippen LogP contribution is -2.29.